The molecule has 1 saturated carbocycles. The van der Waals surface area contributed by atoms with Gasteiger partial charge >= 0.3 is 5.97 Å². The minimum Gasteiger partial charge on any atom is -0.490 e. The van der Waals surface area contributed by atoms with Crippen molar-refractivity contribution < 1.29 is 53.7 Å². The molecule has 0 spiro atoms. The molecule has 0 bridgehead atoms. The first-order chi connectivity index (χ1) is 17.8. The molecule has 2 heterocycles. The standard InChI is InChI=1S/C26H36O11/c1-3-34-18(29)7-6-14-10-15-16(26(13-28)8-4-5-9-26)12-35-23(15)24(33-2)22(14)37-25-21(32)20(31)19(30)17(11-27)36-25/h10,12,17,19-21,25,27-28,30-32H,3-9,11,13H2,1-2H3/t17-,19-,20+,21-,25+/m1/s1. The lowest BCUT2D eigenvalue weighted by atomic mass is 9.79. The Labute approximate surface area is 214 Å². The summed E-state index contributed by atoms with van der Waals surface area (Å²) >= 11 is 0. The van der Waals surface area contributed by atoms with E-state index in [0.29, 0.717) is 16.5 Å². The van der Waals surface area contributed by atoms with Gasteiger partial charge in [-0.3, -0.25) is 4.79 Å². The SMILES string of the molecule is CCOC(=O)CCc1cc2c(C3(CO)CCCC3)coc2c(OC)c1O[C@@H]1O[C@H](CO)[C@@H](O)[C@H](O)[C@H]1O. The van der Waals surface area contributed by atoms with Crippen molar-refractivity contribution in [2.45, 2.75) is 81.6 Å². The third kappa shape index (κ3) is 5.16. The summed E-state index contributed by atoms with van der Waals surface area (Å²) < 4.78 is 28.2. The number of furan rings is 1. The van der Waals surface area contributed by atoms with Crippen molar-refractivity contribution in [1.82, 2.24) is 0 Å². The van der Waals surface area contributed by atoms with Crippen LogP contribution in [0, 0.1) is 0 Å². The summed E-state index contributed by atoms with van der Waals surface area (Å²) in [6.45, 7) is 1.31. The van der Waals surface area contributed by atoms with Gasteiger partial charge in [-0.1, -0.05) is 12.8 Å². The van der Waals surface area contributed by atoms with E-state index in [1.165, 1.54) is 7.11 Å². The number of ether oxygens (including phenoxy) is 4. The van der Waals surface area contributed by atoms with Crippen LogP contribution in [0.2, 0.25) is 0 Å². The van der Waals surface area contributed by atoms with Gasteiger partial charge in [0.1, 0.15) is 24.4 Å². The molecule has 1 aliphatic heterocycles. The molecule has 0 radical (unpaired) electrons. The van der Waals surface area contributed by atoms with E-state index < -0.39 is 48.7 Å². The quantitative estimate of drug-likeness (QED) is 0.280. The largest absolute Gasteiger partial charge is 0.490 e. The predicted octanol–water partition coefficient (Wildman–Crippen LogP) is 0.920. The molecule has 37 heavy (non-hydrogen) atoms. The van der Waals surface area contributed by atoms with Crippen LogP contribution in [0.25, 0.3) is 11.0 Å². The van der Waals surface area contributed by atoms with Gasteiger partial charge in [-0.2, -0.15) is 0 Å². The Bertz CT molecular complexity index is 1070. The fourth-order valence-electron chi connectivity index (χ4n) is 5.40. The first-order valence-corrected chi connectivity index (χ1v) is 12.6. The fourth-order valence-corrected chi connectivity index (χ4v) is 5.40. The van der Waals surface area contributed by atoms with Crippen LogP contribution in [-0.4, -0.2) is 89.1 Å². The summed E-state index contributed by atoms with van der Waals surface area (Å²) in [5.41, 5.74) is 1.28. The summed E-state index contributed by atoms with van der Waals surface area (Å²) in [6.07, 6.45) is -2.02. The van der Waals surface area contributed by atoms with Crippen LogP contribution >= 0.6 is 0 Å². The van der Waals surface area contributed by atoms with Gasteiger partial charge in [0.25, 0.3) is 0 Å². The summed E-state index contributed by atoms with van der Waals surface area (Å²) in [6, 6.07) is 1.81. The monoisotopic (exact) mass is 524 g/mol. The maximum absolute atomic E-state index is 12.2. The summed E-state index contributed by atoms with van der Waals surface area (Å²) in [7, 11) is 1.42. The Morgan fingerprint density at radius 2 is 1.84 bits per heavy atom. The van der Waals surface area contributed by atoms with Crippen LogP contribution in [0.15, 0.2) is 16.7 Å². The van der Waals surface area contributed by atoms with Crippen LogP contribution in [0.5, 0.6) is 11.5 Å². The molecular formula is C26H36O11. The number of carbonyl (C=O) groups excluding carboxylic acids is 1. The number of aliphatic hydroxyl groups excluding tert-OH is 5. The molecule has 5 atom stereocenters. The minimum atomic E-state index is -1.64. The second-order valence-corrected chi connectivity index (χ2v) is 9.69. The number of aryl methyl sites for hydroxylation is 1. The molecule has 4 rings (SSSR count). The highest BCUT2D eigenvalue weighted by Crippen LogP contribution is 2.49. The molecule has 5 N–H and O–H groups in total. The second-order valence-electron chi connectivity index (χ2n) is 9.69. The van der Waals surface area contributed by atoms with Crippen molar-refractivity contribution in [3.8, 4) is 11.5 Å². The van der Waals surface area contributed by atoms with E-state index >= 15 is 0 Å². The number of rotatable bonds is 10. The Kier molecular flexibility index (Phi) is 8.62. The molecular weight excluding hydrogens is 488 g/mol. The number of methoxy groups -OCH3 is 1. The van der Waals surface area contributed by atoms with Crippen molar-refractivity contribution in [3.05, 3.63) is 23.5 Å². The molecule has 0 amide bonds. The summed E-state index contributed by atoms with van der Waals surface area (Å²) in [4.78, 5) is 12.2. The molecule has 11 heteroatoms. The topological polar surface area (TPSA) is 168 Å². The maximum atomic E-state index is 12.2. The zero-order valence-electron chi connectivity index (χ0n) is 21.1. The maximum Gasteiger partial charge on any atom is 0.306 e. The molecule has 1 aliphatic carbocycles. The third-order valence-corrected chi connectivity index (χ3v) is 7.48. The van der Waals surface area contributed by atoms with Gasteiger partial charge in [0.05, 0.1) is 33.2 Å². The zero-order chi connectivity index (χ0) is 26.7. The van der Waals surface area contributed by atoms with Crippen LogP contribution in [0.1, 0.15) is 50.2 Å². The zero-order valence-corrected chi connectivity index (χ0v) is 21.1. The van der Waals surface area contributed by atoms with E-state index in [4.69, 9.17) is 23.4 Å². The van der Waals surface area contributed by atoms with Crippen LogP contribution in [-0.2, 0) is 26.1 Å². The van der Waals surface area contributed by atoms with Gasteiger partial charge in [-0.25, -0.2) is 0 Å². The average Bonchev–Trinajstić information content (AvgIpc) is 3.55. The van der Waals surface area contributed by atoms with E-state index in [1.54, 1.807) is 13.2 Å². The number of hydrogen-bond donors (Lipinski definition) is 5. The number of esters is 1. The van der Waals surface area contributed by atoms with Gasteiger partial charge in [0.2, 0.25) is 12.0 Å². The fraction of sp³-hybridized carbons (Fsp3) is 0.654. The van der Waals surface area contributed by atoms with Gasteiger partial charge in [0.15, 0.2) is 11.3 Å². The predicted molar refractivity (Wildman–Crippen MR) is 129 cm³/mol. The smallest absolute Gasteiger partial charge is 0.306 e. The Morgan fingerprint density at radius 3 is 2.46 bits per heavy atom. The Balaban J connectivity index is 1.79. The van der Waals surface area contributed by atoms with Crippen LogP contribution in [0.4, 0.5) is 0 Å². The van der Waals surface area contributed by atoms with E-state index in [1.807, 2.05) is 6.07 Å². The highest BCUT2D eigenvalue weighted by molar-refractivity contribution is 5.91. The Hall–Kier alpha value is -2.41. The van der Waals surface area contributed by atoms with Crippen LogP contribution in [0.3, 0.4) is 0 Å². The van der Waals surface area contributed by atoms with Crippen molar-refractivity contribution in [2.24, 2.45) is 0 Å². The lowest BCUT2D eigenvalue weighted by Gasteiger charge is -2.39. The number of fused-ring (bicyclic) bond motifs is 1. The minimum absolute atomic E-state index is 0.0336. The molecule has 1 saturated heterocycles. The normalized spacial score (nSPS) is 27.4. The molecule has 2 aromatic rings. The van der Waals surface area contributed by atoms with Gasteiger partial charge < -0.3 is 48.9 Å². The van der Waals surface area contributed by atoms with Crippen molar-refractivity contribution in [3.63, 3.8) is 0 Å². The highest BCUT2D eigenvalue weighted by atomic mass is 16.7. The third-order valence-electron chi connectivity index (χ3n) is 7.48. The van der Waals surface area contributed by atoms with E-state index in [2.05, 4.69) is 0 Å². The van der Waals surface area contributed by atoms with Crippen molar-refractivity contribution in [2.75, 3.05) is 26.9 Å². The first kappa shape index (κ1) is 27.6. The molecule has 2 aliphatic rings. The van der Waals surface area contributed by atoms with E-state index in [-0.39, 0.29) is 37.6 Å². The number of benzene rings is 1. The molecule has 1 aromatic carbocycles. The number of aliphatic hydroxyl groups is 5. The van der Waals surface area contributed by atoms with Crippen LogP contribution < -0.4 is 9.47 Å². The second kappa shape index (κ2) is 11.5. The van der Waals surface area contributed by atoms with Crippen molar-refractivity contribution in [1.29, 1.82) is 0 Å². The van der Waals surface area contributed by atoms with Gasteiger partial charge in [-0.05, 0) is 37.8 Å². The lowest BCUT2D eigenvalue weighted by Crippen LogP contribution is -2.60. The van der Waals surface area contributed by atoms with E-state index in [0.717, 1.165) is 31.2 Å². The first-order valence-electron chi connectivity index (χ1n) is 12.6. The summed E-state index contributed by atoms with van der Waals surface area (Å²) in [5, 5.41) is 51.5. The molecule has 2 fully saturated rings. The molecule has 1 aromatic heterocycles. The number of carbonyl (C=O) groups is 1. The lowest BCUT2D eigenvalue weighted by molar-refractivity contribution is -0.277. The summed E-state index contributed by atoms with van der Waals surface area (Å²) in [5.74, 6) is -0.102. The Morgan fingerprint density at radius 1 is 1.11 bits per heavy atom. The van der Waals surface area contributed by atoms with Gasteiger partial charge in [0, 0.05) is 22.8 Å². The van der Waals surface area contributed by atoms with Crippen molar-refractivity contribution >= 4 is 16.9 Å². The molecule has 11 nitrogen and oxygen atoms in total. The van der Waals surface area contributed by atoms with Gasteiger partial charge in [-0.15, -0.1) is 0 Å². The molecule has 0 unspecified atom stereocenters. The average molecular weight is 525 g/mol. The number of hydrogen-bond acceptors (Lipinski definition) is 11. The molecule has 206 valence electrons. The van der Waals surface area contributed by atoms with E-state index in [9.17, 15) is 30.3 Å². The highest BCUT2D eigenvalue weighted by Gasteiger charge is 2.45.